The van der Waals surface area contributed by atoms with E-state index in [2.05, 4.69) is 6.07 Å². The Balaban J connectivity index is 3.20. The molecule has 0 N–H and O–H groups in total. The van der Waals surface area contributed by atoms with Crippen molar-refractivity contribution in [3.05, 3.63) is 29.8 Å². The average Bonchev–Trinajstić information content (AvgIpc) is 2.03. The third-order valence-electron chi connectivity index (χ3n) is 1.63. The molecule has 0 saturated heterocycles. The number of benzene rings is 1. The molecule has 1 rings (SSSR count). The Bertz CT molecular complexity index is 291. The predicted octanol–water partition coefficient (Wildman–Crippen LogP) is 2.57. The fraction of sp³-hybridized carbons (Fsp3) is 0.333. The molecule has 0 aliphatic heterocycles. The van der Waals surface area contributed by atoms with Gasteiger partial charge in [-0.1, -0.05) is 6.07 Å². The average molecular weight is 188 g/mol. The van der Waals surface area contributed by atoms with Crippen LogP contribution in [0.5, 0.6) is 0 Å². The standard InChI is InChI=1S/C9H9F3N/c1-13(2)8-6-4-3-5-7(8)9(10,11)12/h4-6H,1-2H3. The molecule has 0 unspecified atom stereocenters. The molecule has 0 aliphatic rings. The normalized spacial score (nSPS) is 11.5. The van der Waals surface area contributed by atoms with Crippen molar-refractivity contribution in [2.24, 2.45) is 0 Å². The second-order valence-electron chi connectivity index (χ2n) is 2.84. The van der Waals surface area contributed by atoms with E-state index in [1.54, 1.807) is 14.1 Å². The highest BCUT2D eigenvalue weighted by molar-refractivity contribution is 5.53. The van der Waals surface area contributed by atoms with Gasteiger partial charge in [0.2, 0.25) is 0 Å². The SMILES string of the molecule is CN(C)c1cc[c]cc1C(F)(F)F. The molecule has 1 nitrogen and oxygen atoms in total. The number of hydrogen-bond donors (Lipinski definition) is 0. The zero-order valence-electron chi connectivity index (χ0n) is 7.31. The van der Waals surface area contributed by atoms with Gasteiger partial charge in [0.15, 0.2) is 0 Å². The summed E-state index contributed by atoms with van der Waals surface area (Å²) in [6.07, 6.45) is -4.31. The lowest BCUT2D eigenvalue weighted by atomic mass is 10.1. The maximum atomic E-state index is 12.4. The van der Waals surface area contributed by atoms with Crippen molar-refractivity contribution < 1.29 is 13.2 Å². The van der Waals surface area contributed by atoms with Gasteiger partial charge in [-0.3, -0.25) is 0 Å². The summed E-state index contributed by atoms with van der Waals surface area (Å²) >= 11 is 0. The first kappa shape index (κ1) is 9.89. The lowest BCUT2D eigenvalue weighted by molar-refractivity contribution is -0.137. The highest BCUT2D eigenvalue weighted by Gasteiger charge is 2.33. The van der Waals surface area contributed by atoms with Gasteiger partial charge in [0.1, 0.15) is 0 Å². The van der Waals surface area contributed by atoms with Gasteiger partial charge in [0.05, 0.1) is 5.56 Å². The van der Waals surface area contributed by atoms with Crippen molar-refractivity contribution in [1.82, 2.24) is 0 Å². The minimum atomic E-state index is -4.31. The number of halogens is 3. The Labute approximate surface area is 74.8 Å². The van der Waals surface area contributed by atoms with Crippen molar-refractivity contribution in [1.29, 1.82) is 0 Å². The molecule has 1 aromatic carbocycles. The summed E-state index contributed by atoms with van der Waals surface area (Å²) in [6, 6.07) is 6.22. The molecule has 0 aliphatic carbocycles. The predicted molar refractivity (Wildman–Crippen MR) is 44.6 cm³/mol. The Morgan fingerprint density at radius 3 is 2.31 bits per heavy atom. The number of alkyl halides is 3. The summed E-state index contributed by atoms with van der Waals surface area (Å²) in [5.41, 5.74) is -0.494. The van der Waals surface area contributed by atoms with E-state index in [-0.39, 0.29) is 5.69 Å². The molecular formula is C9H9F3N. The van der Waals surface area contributed by atoms with Crippen LogP contribution in [-0.2, 0) is 6.18 Å². The van der Waals surface area contributed by atoms with Crippen molar-refractivity contribution in [3.8, 4) is 0 Å². The summed E-state index contributed by atoms with van der Waals surface area (Å²) < 4.78 is 37.1. The molecule has 0 atom stereocenters. The molecule has 0 amide bonds. The van der Waals surface area contributed by atoms with Gasteiger partial charge in [0, 0.05) is 19.8 Å². The molecule has 71 valence electrons. The van der Waals surface area contributed by atoms with Crippen LogP contribution in [0.15, 0.2) is 18.2 Å². The zero-order valence-corrected chi connectivity index (χ0v) is 7.31. The fourth-order valence-electron chi connectivity index (χ4n) is 1.04. The number of hydrogen-bond acceptors (Lipinski definition) is 1. The van der Waals surface area contributed by atoms with E-state index in [9.17, 15) is 13.2 Å². The number of rotatable bonds is 1. The van der Waals surface area contributed by atoms with Crippen molar-refractivity contribution >= 4 is 5.69 Å². The Hall–Kier alpha value is -1.19. The third-order valence-corrected chi connectivity index (χ3v) is 1.63. The highest BCUT2D eigenvalue weighted by atomic mass is 19.4. The van der Waals surface area contributed by atoms with Gasteiger partial charge in [-0.2, -0.15) is 13.2 Å². The zero-order chi connectivity index (χ0) is 10.1. The summed E-state index contributed by atoms with van der Waals surface area (Å²) in [7, 11) is 3.15. The molecule has 0 fully saturated rings. The molecule has 0 saturated carbocycles. The lowest BCUT2D eigenvalue weighted by Gasteiger charge is -2.18. The monoisotopic (exact) mass is 188 g/mol. The molecule has 1 radical (unpaired) electrons. The Morgan fingerprint density at radius 2 is 1.92 bits per heavy atom. The molecule has 0 spiro atoms. The van der Waals surface area contributed by atoms with Gasteiger partial charge >= 0.3 is 6.18 Å². The van der Waals surface area contributed by atoms with Crippen LogP contribution in [0.3, 0.4) is 0 Å². The smallest absolute Gasteiger partial charge is 0.377 e. The van der Waals surface area contributed by atoms with Crippen LogP contribution in [0.2, 0.25) is 0 Å². The van der Waals surface area contributed by atoms with Crippen LogP contribution in [0.1, 0.15) is 5.56 Å². The minimum Gasteiger partial charge on any atom is -0.377 e. The van der Waals surface area contributed by atoms with Crippen LogP contribution in [-0.4, -0.2) is 14.1 Å². The first-order valence-electron chi connectivity index (χ1n) is 3.67. The van der Waals surface area contributed by atoms with Crippen LogP contribution in [0.25, 0.3) is 0 Å². The van der Waals surface area contributed by atoms with E-state index < -0.39 is 11.7 Å². The Morgan fingerprint density at radius 1 is 1.31 bits per heavy atom. The molecule has 0 aromatic heterocycles. The molecule has 13 heavy (non-hydrogen) atoms. The van der Waals surface area contributed by atoms with Crippen molar-refractivity contribution in [2.45, 2.75) is 6.18 Å². The summed E-state index contributed by atoms with van der Waals surface area (Å²) in [5, 5.41) is 0. The number of anilines is 1. The van der Waals surface area contributed by atoms with Gasteiger partial charge in [0.25, 0.3) is 0 Å². The van der Waals surface area contributed by atoms with Gasteiger partial charge in [-0.05, 0) is 18.2 Å². The largest absolute Gasteiger partial charge is 0.418 e. The van der Waals surface area contributed by atoms with E-state index in [0.717, 1.165) is 6.07 Å². The fourth-order valence-corrected chi connectivity index (χ4v) is 1.04. The van der Waals surface area contributed by atoms with E-state index in [1.165, 1.54) is 17.0 Å². The topological polar surface area (TPSA) is 3.24 Å². The van der Waals surface area contributed by atoms with Gasteiger partial charge in [-0.25, -0.2) is 0 Å². The van der Waals surface area contributed by atoms with Gasteiger partial charge < -0.3 is 4.90 Å². The van der Waals surface area contributed by atoms with E-state index in [0.29, 0.717) is 0 Å². The van der Waals surface area contributed by atoms with E-state index in [1.807, 2.05) is 0 Å². The first-order valence-corrected chi connectivity index (χ1v) is 3.67. The molecule has 0 bridgehead atoms. The minimum absolute atomic E-state index is 0.159. The second-order valence-corrected chi connectivity index (χ2v) is 2.84. The van der Waals surface area contributed by atoms with Crippen molar-refractivity contribution in [3.63, 3.8) is 0 Å². The van der Waals surface area contributed by atoms with Crippen LogP contribution >= 0.6 is 0 Å². The van der Waals surface area contributed by atoms with Crippen LogP contribution in [0.4, 0.5) is 18.9 Å². The quantitative estimate of drug-likeness (QED) is 0.654. The van der Waals surface area contributed by atoms with Crippen LogP contribution < -0.4 is 4.90 Å². The van der Waals surface area contributed by atoms with E-state index in [4.69, 9.17) is 0 Å². The maximum Gasteiger partial charge on any atom is 0.418 e. The summed E-state index contributed by atoms with van der Waals surface area (Å²) in [4.78, 5) is 1.43. The summed E-state index contributed by atoms with van der Waals surface area (Å²) in [6.45, 7) is 0. The third kappa shape index (κ3) is 2.14. The molecule has 0 heterocycles. The Kier molecular flexibility index (Phi) is 2.50. The van der Waals surface area contributed by atoms with E-state index >= 15 is 0 Å². The highest BCUT2D eigenvalue weighted by Crippen LogP contribution is 2.35. The van der Waals surface area contributed by atoms with Gasteiger partial charge in [-0.15, -0.1) is 0 Å². The maximum absolute atomic E-state index is 12.4. The first-order chi connectivity index (χ1) is 5.93. The van der Waals surface area contributed by atoms with Crippen LogP contribution in [0, 0.1) is 6.07 Å². The number of nitrogens with zero attached hydrogens (tertiary/aromatic N) is 1. The molecular weight excluding hydrogens is 179 g/mol. The van der Waals surface area contributed by atoms with Crippen molar-refractivity contribution in [2.75, 3.05) is 19.0 Å². The lowest BCUT2D eigenvalue weighted by Crippen LogP contribution is -2.16. The molecule has 1 aromatic rings. The second kappa shape index (κ2) is 3.28. The molecule has 4 heteroatoms. The summed E-state index contributed by atoms with van der Waals surface area (Å²) in [5.74, 6) is 0.